The van der Waals surface area contributed by atoms with Gasteiger partial charge in [0.2, 0.25) is 0 Å². The molecule has 3 unspecified atom stereocenters. The minimum absolute atomic E-state index is 0.0420. The summed E-state index contributed by atoms with van der Waals surface area (Å²) in [5.41, 5.74) is -3.43. The van der Waals surface area contributed by atoms with Crippen LogP contribution in [0, 0.1) is 28.6 Å². The maximum atomic E-state index is 17.2. The molecule has 0 radical (unpaired) electrons. The molecule has 0 aromatic rings. The van der Waals surface area contributed by atoms with Gasteiger partial charge in [0.05, 0.1) is 10.4 Å². The third-order valence-corrected chi connectivity index (χ3v) is 11.5. The van der Waals surface area contributed by atoms with Crippen molar-refractivity contribution in [1.82, 2.24) is 0 Å². The molecular weight excluding hydrogens is 503 g/mol. The molecule has 3 fully saturated rings. The number of hydrogen-bond donors (Lipinski definition) is 1. The fraction of sp³-hybridized carbons (Fsp3) is 0.708. The number of hydrogen-bond acceptors (Lipinski definition) is 5. The third kappa shape index (κ3) is 2.86. The number of aliphatic hydroxyl groups excluding tert-OH is 1. The molecule has 3 saturated carbocycles. The SMILES string of the molecule is CC(=O)OCC(=O)[C@@]1(Br)C(C)C[C@H]2[C@@H]3C(Cl)CC4=CC(=O)C=C[C@]4(C)[C@@]3(F)C(O)C[C@@]21C. The summed E-state index contributed by atoms with van der Waals surface area (Å²) in [7, 11) is 0. The van der Waals surface area contributed by atoms with Crippen molar-refractivity contribution in [3.8, 4) is 0 Å². The number of Topliss-reactive ketones (excluding diaryl/α,β-unsaturated/α-hetero) is 1. The topological polar surface area (TPSA) is 80.7 Å². The zero-order chi connectivity index (χ0) is 23.9. The van der Waals surface area contributed by atoms with Crippen LogP contribution in [0.4, 0.5) is 4.39 Å². The van der Waals surface area contributed by atoms with Crippen molar-refractivity contribution in [1.29, 1.82) is 0 Å². The molecule has 0 amide bonds. The van der Waals surface area contributed by atoms with Crippen molar-refractivity contribution in [3.05, 3.63) is 23.8 Å². The van der Waals surface area contributed by atoms with Crippen LogP contribution in [0.2, 0.25) is 0 Å². The molecule has 32 heavy (non-hydrogen) atoms. The van der Waals surface area contributed by atoms with Gasteiger partial charge in [0.1, 0.15) is 0 Å². The van der Waals surface area contributed by atoms with Crippen LogP contribution in [-0.4, -0.2) is 50.7 Å². The minimum atomic E-state index is -2.08. The van der Waals surface area contributed by atoms with Crippen LogP contribution >= 0.6 is 27.5 Å². The molecule has 4 aliphatic carbocycles. The van der Waals surface area contributed by atoms with E-state index in [0.717, 1.165) is 0 Å². The maximum absolute atomic E-state index is 17.2. The number of aliphatic hydroxyl groups is 1. The molecule has 0 spiro atoms. The predicted octanol–water partition coefficient (Wildman–Crippen LogP) is 4.09. The number of ether oxygens (including phenoxy) is 1. The van der Waals surface area contributed by atoms with E-state index >= 15 is 4.39 Å². The first kappa shape index (κ1) is 24.1. The number of alkyl halides is 3. The quantitative estimate of drug-likeness (QED) is 0.438. The van der Waals surface area contributed by atoms with Crippen LogP contribution in [0.5, 0.6) is 0 Å². The van der Waals surface area contributed by atoms with Gasteiger partial charge in [0.15, 0.2) is 23.8 Å². The smallest absolute Gasteiger partial charge is 0.303 e. The van der Waals surface area contributed by atoms with E-state index in [4.69, 9.17) is 16.3 Å². The molecule has 176 valence electrons. The largest absolute Gasteiger partial charge is 0.458 e. The Hall–Kier alpha value is -1.05. The molecule has 0 heterocycles. The minimum Gasteiger partial charge on any atom is -0.458 e. The Morgan fingerprint density at radius 1 is 1.38 bits per heavy atom. The first-order valence-electron chi connectivity index (χ1n) is 11.0. The van der Waals surface area contributed by atoms with Gasteiger partial charge in [-0.15, -0.1) is 11.6 Å². The number of carbonyl (C=O) groups is 3. The van der Waals surface area contributed by atoms with Crippen molar-refractivity contribution < 1.29 is 28.6 Å². The molecule has 4 rings (SSSR count). The van der Waals surface area contributed by atoms with Crippen LogP contribution in [0.15, 0.2) is 23.8 Å². The second kappa shape index (κ2) is 7.47. The number of ketones is 2. The Bertz CT molecular complexity index is 951. The average molecular weight is 532 g/mol. The fourth-order valence-electron chi connectivity index (χ4n) is 7.32. The van der Waals surface area contributed by atoms with E-state index in [0.29, 0.717) is 18.4 Å². The van der Waals surface area contributed by atoms with E-state index in [-0.39, 0.29) is 36.4 Å². The van der Waals surface area contributed by atoms with Gasteiger partial charge in [-0.2, -0.15) is 0 Å². The molecule has 0 aromatic heterocycles. The molecule has 1 N–H and O–H groups in total. The molecular formula is C24H29BrClFO5. The number of esters is 1. The van der Waals surface area contributed by atoms with Crippen LogP contribution < -0.4 is 0 Å². The van der Waals surface area contributed by atoms with E-state index in [2.05, 4.69) is 15.9 Å². The summed E-state index contributed by atoms with van der Waals surface area (Å²) >= 11 is 10.5. The first-order valence-corrected chi connectivity index (χ1v) is 12.3. The Morgan fingerprint density at radius 3 is 2.66 bits per heavy atom. The number of fused-ring (bicyclic) bond motifs is 5. The van der Waals surface area contributed by atoms with Gasteiger partial charge < -0.3 is 9.84 Å². The highest BCUT2D eigenvalue weighted by Gasteiger charge is 2.76. The molecule has 0 bridgehead atoms. The summed E-state index contributed by atoms with van der Waals surface area (Å²) < 4.78 is 21.2. The maximum Gasteiger partial charge on any atom is 0.303 e. The van der Waals surface area contributed by atoms with Gasteiger partial charge in [-0.3, -0.25) is 14.4 Å². The normalized spacial score (nSPS) is 49.6. The predicted molar refractivity (Wildman–Crippen MR) is 121 cm³/mol. The first-order chi connectivity index (χ1) is 14.7. The van der Waals surface area contributed by atoms with Crippen molar-refractivity contribution in [2.24, 2.45) is 28.6 Å². The Balaban J connectivity index is 1.80. The van der Waals surface area contributed by atoms with Gasteiger partial charge in [0, 0.05) is 23.6 Å². The summed E-state index contributed by atoms with van der Waals surface area (Å²) in [4.78, 5) is 36.6. The molecule has 4 aliphatic rings. The fourth-order valence-corrected chi connectivity index (χ4v) is 8.61. The van der Waals surface area contributed by atoms with Gasteiger partial charge in [0.25, 0.3) is 0 Å². The summed E-state index contributed by atoms with van der Waals surface area (Å²) in [6.07, 6.45) is 3.92. The lowest BCUT2D eigenvalue weighted by Crippen LogP contribution is -2.70. The molecule has 8 heteroatoms. The standard InChI is InChI=1S/C24H29BrClFO5/c1-12-7-16-20-17(26)9-14-8-15(29)5-6-21(14,3)24(20,27)18(30)10-22(16,4)23(12,25)19(31)11-32-13(2)28/h5-6,8,12,16-18,20,30H,7,9-11H2,1-4H3/t12?,16-,17?,18?,20+,21-,22-,23-,24+/m0/s1. The third-order valence-electron chi connectivity index (χ3n) is 8.93. The monoisotopic (exact) mass is 530 g/mol. The summed E-state index contributed by atoms with van der Waals surface area (Å²) in [6, 6.07) is 0. The summed E-state index contributed by atoms with van der Waals surface area (Å²) in [6.45, 7) is 6.42. The Kier molecular flexibility index (Phi) is 5.63. The molecule has 9 atom stereocenters. The van der Waals surface area contributed by atoms with E-state index < -0.39 is 44.2 Å². The second-order valence-corrected chi connectivity index (χ2v) is 12.2. The van der Waals surface area contributed by atoms with Gasteiger partial charge in [-0.25, -0.2) is 4.39 Å². The summed E-state index contributed by atoms with van der Waals surface area (Å²) in [5, 5.41) is 10.7. The van der Waals surface area contributed by atoms with E-state index in [1.165, 1.54) is 19.1 Å². The molecule has 0 aliphatic heterocycles. The lowest BCUT2D eigenvalue weighted by atomic mass is 9.45. The highest BCUT2D eigenvalue weighted by atomic mass is 79.9. The van der Waals surface area contributed by atoms with Crippen LogP contribution in [-0.2, 0) is 19.1 Å². The van der Waals surface area contributed by atoms with Crippen molar-refractivity contribution >= 4 is 45.1 Å². The van der Waals surface area contributed by atoms with E-state index in [9.17, 15) is 19.5 Å². The van der Waals surface area contributed by atoms with E-state index in [1.54, 1.807) is 13.0 Å². The molecule has 0 saturated heterocycles. The molecule has 0 aromatic carbocycles. The average Bonchev–Trinajstić information content (AvgIpc) is 2.89. The van der Waals surface area contributed by atoms with E-state index in [1.807, 2.05) is 13.8 Å². The van der Waals surface area contributed by atoms with Gasteiger partial charge in [-0.1, -0.05) is 41.4 Å². The van der Waals surface area contributed by atoms with Crippen molar-refractivity contribution in [2.75, 3.05) is 6.61 Å². The number of allylic oxidation sites excluding steroid dienone is 4. The van der Waals surface area contributed by atoms with Crippen LogP contribution in [0.1, 0.15) is 47.0 Å². The summed E-state index contributed by atoms with van der Waals surface area (Å²) in [5.74, 6) is -2.25. The Labute approximate surface area is 200 Å². The highest BCUT2D eigenvalue weighted by molar-refractivity contribution is 9.10. The van der Waals surface area contributed by atoms with Gasteiger partial charge in [-0.05, 0) is 55.6 Å². The zero-order valence-corrected chi connectivity index (χ0v) is 21.0. The van der Waals surface area contributed by atoms with Crippen molar-refractivity contribution in [2.45, 2.75) is 68.4 Å². The van der Waals surface area contributed by atoms with Crippen LogP contribution in [0.25, 0.3) is 0 Å². The number of halogens is 3. The molecule has 5 nitrogen and oxygen atoms in total. The van der Waals surface area contributed by atoms with Gasteiger partial charge >= 0.3 is 5.97 Å². The second-order valence-electron chi connectivity index (χ2n) is 10.4. The number of rotatable bonds is 3. The van der Waals surface area contributed by atoms with Crippen LogP contribution in [0.3, 0.4) is 0 Å². The Morgan fingerprint density at radius 2 is 2.03 bits per heavy atom. The number of carbonyl (C=O) groups excluding carboxylic acids is 3. The lowest BCUT2D eigenvalue weighted by Gasteiger charge is -2.63. The lowest BCUT2D eigenvalue weighted by molar-refractivity contribution is -0.191. The highest BCUT2D eigenvalue weighted by Crippen LogP contribution is 2.72. The zero-order valence-electron chi connectivity index (χ0n) is 18.7. The van der Waals surface area contributed by atoms with Crippen molar-refractivity contribution in [3.63, 3.8) is 0 Å².